The van der Waals surface area contributed by atoms with Crippen molar-refractivity contribution in [2.24, 2.45) is 0 Å². The van der Waals surface area contributed by atoms with Gasteiger partial charge in [0.25, 0.3) is 0 Å². The second kappa shape index (κ2) is 4.64. The summed E-state index contributed by atoms with van der Waals surface area (Å²) in [5.74, 6) is 6.09. The van der Waals surface area contributed by atoms with Crippen LogP contribution < -0.4 is 5.32 Å². The van der Waals surface area contributed by atoms with Crippen LogP contribution in [0.4, 0.5) is 0 Å². The molecule has 1 rings (SSSR count). The number of aryl methyl sites for hydroxylation is 2. The van der Waals surface area contributed by atoms with Gasteiger partial charge in [-0.25, -0.2) is 0 Å². The molecule has 13 heavy (non-hydrogen) atoms. The summed E-state index contributed by atoms with van der Waals surface area (Å²) in [5, 5.41) is 2.98. The van der Waals surface area contributed by atoms with Crippen molar-refractivity contribution in [3.8, 4) is 11.8 Å². The number of hydrogen-bond acceptors (Lipinski definition) is 2. The first-order chi connectivity index (χ1) is 6.22. The van der Waals surface area contributed by atoms with Crippen LogP contribution in [0.15, 0.2) is 12.1 Å². The highest BCUT2D eigenvalue weighted by Gasteiger charge is 1.92. The summed E-state index contributed by atoms with van der Waals surface area (Å²) in [6, 6.07) is 3.99. The Morgan fingerprint density at radius 2 is 1.92 bits per heavy atom. The van der Waals surface area contributed by atoms with Gasteiger partial charge in [-0.3, -0.25) is 4.98 Å². The predicted octanol–water partition coefficient (Wildman–Crippen LogP) is 1.27. The van der Waals surface area contributed by atoms with Crippen LogP contribution in [0, 0.1) is 25.7 Å². The molecule has 0 bridgehead atoms. The largest absolute Gasteiger partial charge is 0.309 e. The quantitative estimate of drug-likeness (QED) is 0.648. The molecule has 0 radical (unpaired) electrons. The first kappa shape index (κ1) is 9.76. The molecule has 0 fully saturated rings. The van der Waals surface area contributed by atoms with E-state index in [0.717, 1.165) is 23.5 Å². The molecule has 68 valence electrons. The van der Waals surface area contributed by atoms with Crippen molar-refractivity contribution in [3.05, 3.63) is 29.1 Å². The molecule has 0 saturated heterocycles. The fraction of sp³-hybridized carbons (Fsp3) is 0.364. The fourth-order valence-electron chi connectivity index (χ4n) is 1.14. The lowest BCUT2D eigenvalue weighted by atomic mass is 10.2. The van der Waals surface area contributed by atoms with E-state index in [0.29, 0.717) is 0 Å². The third-order valence-corrected chi connectivity index (χ3v) is 1.58. The second-order valence-electron chi connectivity index (χ2n) is 2.97. The zero-order chi connectivity index (χ0) is 9.68. The van der Waals surface area contributed by atoms with E-state index in [4.69, 9.17) is 0 Å². The number of aromatic nitrogens is 1. The van der Waals surface area contributed by atoms with E-state index in [9.17, 15) is 0 Å². The highest BCUT2D eigenvalue weighted by molar-refractivity contribution is 5.36. The minimum absolute atomic E-state index is 0.723. The number of nitrogens with zero attached hydrogens (tertiary/aromatic N) is 1. The molecule has 1 aromatic heterocycles. The van der Waals surface area contributed by atoms with Gasteiger partial charge in [0, 0.05) is 17.0 Å². The molecule has 0 aromatic carbocycles. The molecule has 1 aromatic rings. The van der Waals surface area contributed by atoms with E-state index in [1.165, 1.54) is 0 Å². The molecule has 0 amide bonds. The van der Waals surface area contributed by atoms with Crippen LogP contribution >= 0.6 is 0 Å². The van der Waals surface area contributed by atoms with Gasteiger partial charge in [-0.05, 0) is 33.0 Å². The fourth-order valence-corrected chi connectivity index (χ4v) is 1.14. The molecular weight excluding hydrogens is 160 g/mol. The Kier molecular flexibility index (Phi) is 3.48. The van der Waals surface area contributed by atoms with Crippen LogP contribution in [-0.2, 0) is 0 Å². The lowest BCUT2D eigenvalue weighted by Crippen LogP contribution is -2.04. The summed E-state index contributed by atoms with van der Waals surface area (Å²) in [7, 11) is 1.89. The van der Waals surface area contributed by atoms with Gasteiger partial charge in [0.05, 0.1) is 6.54 Å². The summed E-state index contributed by atoms with van der Waals surface area (Å²) < 4.78 is 0. The zero-order valence-electron chi connectivity index (χ0n) is 8.31. The van der Waals surface area contributed by atoms with E-state index >= 15 is 0 Å². The first-order valence-corrected chi connectivity index (χ1v) is 4.31. The maximum absolute atomic E-state index is 4.28. The van der Waals surface area contributed by atoms with Gasteiger partial charge in [0.2, 0.25) is 0 Å². The zero-order valence-corrected chi connectivity index (χ0v) is 8.31. The number of nitrogens with one attached hydrogen (secondary N) is 1. The van der Waals surface area contributed by atoms with Crippen molar-refractivity contribution in [2.75, 3.05) is 13.6 Å². The standard InChI is InChI=1S/C11H14N2/c1-9-7-11(5-4-6-12-3)8-10(2)13-9/h7-8,12H,6H2,1-3H3. The van der Waals surface area contributed by atoms with Crippen molar-refractivity contribution < 1.29 is 0 Å². The molecule has 2 heteroatoms. The van der Waals surface area contributed by atoms with Crippen LogP contribution in [0.1, 0.15) is 17.0 Å². The van der Waals surface area contributed by atoms with Crippen molar-refractivity contribution in [1.82, 2.24) is 10.3 Å². The van der Waals surface area contributed by atoms with E-state index in [1.807, 2.05) is 33.0 Å². The second-order valence-corrected chi connectivity index (χ2v) is 2.97. The summed E-state index contributed by atoms with van der Waals surface area (Å²) in [5.41, 5.74) is 3.09. The monoisotopic (exact) mass is 174 g/mol. The molecule has 1 N–H and O–H groups in total. The van der Waals surface area contributed by atoms with E-state index in [1.54, 1.807) is 0 Å². The Morgan fingerprint density at radius 3 is 2.46 bits per heavy atom. The van der Waals surface area contributed by atoms with Crippen molar-refractivity contribution in [3.63, 3.8) is 0 Å². The van der Waals surface area contributed by atoms with Gasteiger partial charge < -0.3 is 5.32 Å². The third kappa shape index (κ3) is 3.27. The summed E-state index contributed by atoms with van der Waals surface area (Å²) >= 11 is 0. The van der Waals surface area contributed by atoms with Gasteiger partial charge in [-0.15, -0.1) is 0 Å². The SMILES string of the molecule is CNCC#Cc1cc(C)nc(C)c1. The number of rotatable bonds is 1. The average Bonchev–Trinajstić information content (AvgIpc) is 2.03. The van der Waals surface area contributed by atoms with Crippen LogP contribution in [0.25, 0.3) is 0 Å². The Hall–Kier alpha value is -1.33. The van der Waals surface area contributed by atoms with E-state index in [-0.39, 0.29) is 0 Å². The Balaban J connectivity index is 2.85. The Labute approximate surface area is 79.4 Å². The lowest BCUT2D eigenvalue weighted by molar-refractivity contribution is 0.938. The van der Waals surface area contributed by atoms with Gasteiger partial charge in [-0.1, -0.05) is 11.8 Å². The van der Waals surface area contributed by atoms with Gasteiger partial charge in [-0.2, -0.15) is 0 Å². The van der Waals surface area contributed by atoms with Crippen molar-refractivity contribution in [2.45, 2.75) is 13.8 Å². The van der Waals surface area contributed by atoms with Crippen LogP contribution in [0.2, 0.25) is 0 Å². The number of pyridine rings is 1. The maximum Gasteiger partial charge on any atom is 0.0577 e. The van der Waals surface area contributed by atoms with Gasteiger partial charge >= 0.3 is 0 Å². The minimum Gasteiger partial charge on any atom is -0.309 e. The van der Waals surface area contributed by atoms with E-state index in [2.05, 4.69) is 22.1 Å². The smallest absolute Gasteiger partial charge is 0.0577 e. The molecule has 0 spiro atoms. The summed E-state index contributed by atoms with van der Waals surface area (Å²) in [4.78, 5) is 4.28. The highest BCUT2D eigenvalue weighted by Crippen LogP contribution is 2.02. The topological polar surface area (TPSA) is 24.9 Å². The highest BCUT2D eigenvalue weighted by atomic mass is 14.8. The molecular formula is C11H14N2. The van der Waals surface area contributed by atoms with Crippen molar-refractivity contribution in [1.29, 1.82) is 0 Å². The first-order valence-electron chi connectivity index (χ1n) is 4.31. The average molecular weight is 174 g/mol. The Bertz CT molecular complexity index is 325. The molecule has 0 aliphatic heterocycles. The predicted molar refractivity (Wildman–Crippen MR) is 54.5 cm³/mol. The minimum atomic E-state index is 0.723. The van der Waals surface area contributed by atoms with E-state index < -0.39 is 0 Å². The molecule has 0 aliphatic carbocycles. The third-order valence-electron chi connectivity index (χ3n) is 1.58. The summed E-state index contributed by atoms with van der Waals surface area (Å²) in [6.07, 6.45) is 0. The molecule has 2 nitrogen and oxygen atoms in total. The molecule has 0 saturated carbocycles. The number of hydrogen-bond donors (Lipinski definition) is 1. The van der Waals surface area contributed by atoms with Crippen LogP contribution in [0.3, 0.4) is 0 Å². The van der Waals surface area contributed by atoms with Gasteiger partial charge in [0.1, 0.15) is 0 Å². The normalized spacial score (nSPS) is 9.15. The summed E-state index contributed by atoms with van der Waals surface area (Å²) in [6.45, 7) is 4.69. The van der Waals surface area contributed by atoms with Gasteiger partial charge in [0.15, 0.2) is 0 Å². The molecule has 0 atom stereocenters. The lowest BCUT2D eigenvalue weighted by Gasteiger charge is -1.96. The molecule has 0 aliphatic rings. The van der Waals surface area contributed by atoms with Crippen molar-refractivity contribution >= 4 is 0 Å². The Morgan fingerprint density at radius 1 is 1.31 bits per heavy atom. The molecule has 0 unspecified atom stereocenters. The van der Waals surface area contributed by atoms with Crippen LogP contribution in [0.5, 0.6) is 0 Å². The van der Waals surface area contributed by atoms with Crippen LogP contribution in [-0.4, -0.2) is 18.6 Å². The maximum atomic E-state index is 4.28. The molecule has 1 heterocycles.